The molecule has 0 bridgehead atoms. The van der Waals surface area contributed by atoms with Gasteiger partial charge < -0.3 is 4.74 Å². The second kappa shape index (κ2) is 6.46. The summed E-state index contributed by atoms with van der Waals surface area (Å²) in [6.07, 6.45) is -2.47. The molecule has 0 aliphatic carbocycles. The number of benzene rings is 2. The van der Waals surface area contributed by atoms with Crippen LogP contribution < -0.4 is 4.74 Å². The number of ether oxygens (including phenoxy) is 1. The van der Waals surface area contributed by atoms with Crippen LogP contribution in [0.15, 0.2) is 72.9 Å². The lowest BCUT2D eigenvalue weighted by Gasteiger charge is -2.06. The predicted octanol–water partition coefficient (Wildman–Crippen LogP) is 5.70. The fourth-order valence-corrected chi connectivity index (χ4v) is 3.01. The van der Waals surface area contributed by atoms with Gasteiger partial charge in [0.2, 0.25) is 0 Å². The molecule has 0 aliphatic heterocycles. The SMILES string of the molecule is COc1ccc(-c2nc(-c3ccc(C(F)(F)F)cc3)c3ccccn23)cc1. The zero-order valence-corrected chi connectivity index (χ0v) is 14.4. The van der Waals surface area contributed by atoms with E-state index in [9.17, 15) is 13.2 Å². The van der Waals surface area contributed by atoms with Gasteiger partial charge in [-0.05, 0) is 48.5 Å². The van der Waals surface area contributed by atoms with E-state index in [0.717, 1.165) is 29.0 Å². The number of aromatic nitrogens is 2. The van der Waals surface area contributed by atoms with E-state index in [1.165, 1.54) is 12.1 Å². The third kappa shape index (κ3) is 3.14. The minimum Gasteiger partial charge on any atom is -0.497 e. The number of imidazole rings is 1. The molecule has 0 fully saturated rings. The Kier molecular flexibility index (Phi) is 4.11. The monoisotopic (exact) mass is 368 g/mol. The van der Waals surface area contributed by atoms with Crippen LogP contribution in [0.2, 0.25) is 0 Å². The van der Waals surface area contributed by atoms with Crippen molar-refractivity contribution in [3.8, 4) is 28.4 Å². The number of methoxy groups -OCH3 is 1. The number of fused-ring (bicyclic) bond motifs is 1. The van der Waals surface area contributed by atoms with Crippen LogP contribution in [0.1, 0.15) is 5.56 Å². The Morgan fingerprint density at radius 2 is 1.52 bits per heavy atom. The summed E-state index contributed by atoms with van der Waals surface area (Å²) in [4.78, 5) is 4.72. The van der Waals surface area contributed by atoms with Crippen LogP contribution >= 0.6 is 0 Å². The molecule has 0 saturated carbocycles. The summed E-state index contributed by atoms with van der Waals surface area (Å²) in [5.74, 6) is 1.45. The molecule has 4 aromatic rings. The molecule has 136 valence electrons. The van der Waals surface area contributed by atoms with E-state index in [4.69, 9.17) is 9.72 Å². The van der Waals surface area contributed by atoms with Crippen molar-refractivity contribution in [2.24, 2.45) is 0 Å². The Morgan fingerprint density at radius 1 is 0.852 bits per heavy atom. The highest BCUT2D eigenvalue weighted by atomic mass is 19.4. The normalized spacial score (nSPS) is 11.7. The van der Waals surface area contributed by atoms with Gasteiger partial charge in [0.25, 0.3) is 0 Å². The van der Waals surface area contributed by atoms with E-state index < -0.39 is 11.7 Å². The highest BCUT2D eigenvalue weighted by molar-refractivity contribution is 5.81. The highest BCUT2D eigenvalue weighted by Crippen LogP contribution is 2.33. The molecule has 0 N–H and O–H groups in total. The summed E-state index contributed by atoms with van der Waals surface area (Å²) in [6.45, 7) is 0. The minimum absolute atomic E-state index is 0.631. The number of pyridine rings is 1. The first-order valence-corrected chi connectivity index (χ1v) is 8.26. The van der Waals surface area contributed by atoms with E-state index in [2.05, 4.69) is 0 Å². The Labute approximate surface area is 153 Å². The van der Waals surface area contributed by atoms with E-state index in [-0.39, 0.29) is 0 Å². The number of rotatable bonds is 3. The maximum absolute atomic E-state index is 12.8. The van der Waals surface area contributed by atoms with Gasteiger partial charge in [0.15, 0.2) is 0 Å². The van der Waals surface area contributed by atoms with Crippen LogP contribution in [-0.2, 0) is 6.18 Å². The van der Waals surface area contributed by atoms with E-state index in [1.54, 1.807) is 7.11 Å². The summed E-state index contributed by atoms with van der Waals surface area (Å²) < 4.78 is 45.6. The quantitative estimate of drug-likeness (QED) is 0.464. The zero-order valence-electron chi connectivity index (χ0n) is 14.4. The number of hydrogen-bond acceptors (Lipinski definition) is 2. The molecule has 27 heavy (non-hydrogen) atoms. The number of halogens is 3. The Balaban J connectivity index is 1.84. The summed E-state index contributed by atoms with van der Waals surface area (Å²) in [5.41, 5.74) is 2.30. The molecular formula is C21H15F3N2O. The second-order valence-electron chi connectivity index (χ2n) is 6.04. The third-order valence-corrected chi connectivity index (χ3v) is 4.38. The minimum atomic E-state index is -4.36. The standard InChI is InChI=1S/C21H15F3N2O/c1-27-17-11-7-15(8-12-17)20-25-19(18-4-2-3-13-26(18)20)14-5-9-16(10-6-14)21(22,23)24/h2-13H,1H3. The van der Waals surface area contributed by atoms with Gasteiger partial charge in [-0.2, -0.15) is 13.2 Å². The van der Waals surface area contributed by atoms with Crippen molar-refractivity contribution in [3.63, 3.8) is 0 Å². The van der Waals surface area contributed by atoms with Crippen LogP contribution in [0, 0.1) is 0 Å². The Bertz CT molecular complexity index is 1080. The van der Waals surface area contributed by atoms with Crippen molar-refractivity contribution in [3.05, 3.63) is 78.5 Å². The summed E-state index contributed by atoms with van der Waals surface area (Å²) in [7, 11) is 1.60. The summed E-state index contributed by atoms with van der Waals surface area (Å²) >= 11 is 0. The molecule has 2 aromatic carbocycles. The van der Waals surface area contributed by atoms with Gasteiger partial charge in [0, 0.05) is 17.3 Å². The smallest absolute Gasteiger partial charge is 0.416 e. The molecule has 3 nitrogen and oxygen atoms in total. The Morgan fingerprint density at radius 3 is 2.15 bits per heavy atom. The van der Waals surface area contributed by atoms with Crippen LogP contribution in [0.5, 0.6) is 5.75 Å². The van der Waals surface area contributed by atoms with Crippen molar-refractivity contribution >= 4 is 5.52 Å². The van der Waals surface area contributed by atoms with Crippen molar-refractivity contribution < 1.29 is 17.9 Å². The van der Waals surface area contributed by atoms with Gasteiger partial charge >= 0.3 is 6.18 Å². The van der Waals surface area contributed by atoms with E-state index in [1.807, 2.05) is 53.1 Å². The lowest BCUT2D eigenvalue weighted by Crippen LogP contribution is -2.04. The molecule has 0 aliphatic rings. The van der Waals surface area contributed by atoms with Gasteiger partial charge in [-0.3, -0.25) is 4.40 Å². The largest absolute Gasteiger partial charge is 0.497 e. The van der Waals surface area contributed by atoms with E-state index >= 15 is 0 Å². The molecule has 2 heterocycles. The van der Waals surface area contributed by atoms with Crippen LogP contribution in [-0.4, -0.2) is 16.5 Å². The van der Waals surface area contributed by atoms with Gasteiger partial charge in [-0.25, -0.2) is 4.98 Å². The van der Waals surface area contributed by atoms with Crippen LogP contribution in [0.4, 0.5) is 13.2 Å². The zero-order chi connectivity index (χ0) is 19.0. The van der Waals surface area contributed by atoms with Crippen LogP contribution in [0.3, 0.4) is 0 Å². The maximum Gasteiger partial charge on any atom is 0.416 e. The molecule has 6 heteroatoms. The molecular weight excluding hydrogens is 353 g/mol. The summed E-state index contributed by atoms with van der Waals surface area (Å²) in [6, 6.07) is 18.2. The van der Waals surface area contributed by atoms with Crippen molar-refractivity contribution in [1.29, 1.82) is 0 Å². The Hall–Kier alpha value is -3.28. The summed E-state index contributed by atoms with van der Waals surface area (Å²) in [5, 5.41) is 0. The molecule has 0 spiro atoms. The van der Waals surface area contributed by atoms with Crippen LogP contribution in [0.25, 0.3) is 28.2 Å². The molecule has 0 saturated heterocycles. The maximum atomic E-state index is 12.8. The first kappa shape index (κ1) is 17.1. The predicted molar refractivity (Wildman–Crippen MR) is 97.6 cm³/mol. The van der Waals surface area contributed by atoms with Crippen molar-refractivity contribution in [2.45, 2.75) is 6.18 Å². The number of hydrogen-bond donors (Lipinski definition) is 0. The fraction of sp³-hybridized carbons (Fsp3) is 0.0952. The first-order valence-electron chi connectivity index (χ1n) is 8.26. The number of alkyl halides is 3. The van der Waals surface area contributed by atoms with Gasteiger partial charge in [0.05, 0.1) is 23.9 Å². The van der Waals surface area contributed by atoms with Gasteiger partial charge in [-0.15, -0.1) is 0 Å². The molecule has 2 aromatic heterocycles. The first-order chi connectivity index (χ1) is 13.0. The lowest BCUT2D eigenvalue weighted by molar-refractivity contribution is -0.137. The molecule has 0 unspecified atom stereocenters. The highest BCUT2D eigenvalue weighted by Gasteiger charge is 2.30. The second-order valence-corrected chi connectivity index (χ2v) is 6.04. The van der Waals surface area contributed by atoms with Gasteiger partial charge in [-0.1, -0.05) is 18.2 Å². The molecule has 0 amide bonds. The van der Waals surface area contributed by atoms with Crippen molar-refractivity contribution in [2.75, 3.05) is 7.11 Å². The molecule has 0 atom stereocenters. The lowest BCUT2D eigenvalue weighted by atomic mass is 10.1. The van der Waals surface area contributed by atoms with Crippen molar-refractivity contribution in [1.82, 2.24) is 9.38 Å². The number of nitrogens with zero attached hydrogens (tertiary/aromatic N) is 2. The average molecular weight is 368 g/mol. The van der Waals surface area contributed by atoms with Gasteiger partial charge in [0.1, 0.15) is 11.6 Å². The topological polar surface area (TPSA) is 26.5 Å². The average Bonchev–Trinajstić information content (AvgIpc) is 3.07. The third-order valence-electron chi connectivity index (χ3n) is 4.38. The van der Waals surface area contributed by atoms with E-state index in [0.29, 0.717) is 17.1 Å². The fourth-order valence-electron chi connectivity index (χ4n) is 3.01. The molecule has 4 rings (SSSR count). The molecule has 0 radical (unpaired) electrons.